The number of benzene rings is 2. The highest BCUT2D eigenvalue weighted by atomic mass is 35.5. The fourth-order valence-electron chi connectivity index (χ4n) is 3.68. The van der Waals surface area contributed by atoms with Gasteiger partial charge in [0.05, 0.1) is 22.7 Å². The molecule has 0 radical (unpaired) electrons. The Kier molecular flexibility index (Phi) is 6.92. The van der Waals surface area contributed by atoms with Crippen LogP contribution in [0.15, 0.2) is 54.0 Å². The first-order chi connectivity index (χ1) is 15.5. The highest BCUT2D eigenvalue weighted by Gasteiger charge is 2.36. The molecule has 1 aromatic heterocycles. The lowest BCUT2D eigenvalue weighted by Crippen LogP contribution is -2.41. The minimum Gasteiger partial charge on any atom is -0.482 e. The standard InChI is InChI=1S/C23H21ClN2O5S/c24-16-6-7-19(31-13-20(27)28)17(12-16)21-22-18(25-14-32-22)8-10-26(21)23(29)30-11-9-15-4-2-1-3-5-15/h1-7,12,14,21H,8-11,13H2,(H,27,28). The van der Waals surface area contributed by atoms with E-state index < -0.39 is 24.7 Å². The first-order valence-corrected chi connectivity index (χ1v) is 11.3. The van der Waals surface area contributed by atoms with E-state index in [0.717, 1.165) is 16.1 Å². The van der Waals surface area contributed by atoms with Crippen LogP contribution >= 0.6 is 22.9 Å². The Morgan fingerprint density at radius 3 is 2.81 bits per heavy atom. The average molecular weight is 473 g/mol. The molecule has 0 saturated heterocycles. The number of fused-ring (bicyclic) bond motifs is 1. The fourth-order valence-corrected chi connectivity index (χ4v) is 4.83. The van der Waals surface area contributed by atoms with Crippen LogP contribution in [-0.4, -0.2) is 46.8 Å². The van der Waals surface area contributed by atoms with Crippen molar-refractivity contribution in [3.8, 4) is 5.75 Å². The molecule has 7 nitrogen and oxygen atoms in total. The summed E-state index contributed by atoms with van der Waals surface area (Å²) in [6, 6.07) is 14.2. The van der Waals surface area contributed by atoms with Gasteiger partial charge in [0.2, 0.25) is 0 Å². The van der Waals surface area contributed by atoms with Crippen molar-refractivity contribution in [3.63, 3.8) is 0 Å². The van der Waals surface area contributed by atoms with E-state index >= 15 is 0 Å². The summed E-state index contributed by atoms with van der Waals surface area (Å²) < 4.78 is 11.1. The number of hydrogen-bond acceptors (Lipinski definition) is 6. The Bertz CT molecular complexity index is 1100. The molecule has 1 unspecified atom stereocenters. The van der Waals surface area contributed by atoms with Crippen LogP contribution in [0.25, 0.3) is 0 Å². The molecule has 32 heavy (non-hydrogen) atoms. The van der Waals surface area contributed by atoms with Gasteiger partial charge in [0, 0.05) is 30.0 Å². The molecule has 4 rings (SSSR count). The molecule has 2 heterocycles. The number of carbonyl (C=O) groups is 2. The maximum atomic E-state index is 13.1. The van der Waals surface area contributed by atoms with Crippen LogP contribution in [0, 0.1) is 0 Å². The fraction of sp³-hybridized carbons (Fsp3) is 0.261. The molecule has 1 aliphatic rings. The van der Waals surface area contributed by atoms with Crippen molar-refractivity contribution in [1.82, 2.24) is 9.88 Å². The topological polar surface area (TPSA) is 89.0 Å². The molecule has 9 heteroatoms. The van der Waals surface area contributed by atoms with E-state index in [0.29, 0.717) is 35.7 Å². The number of thiazole rings is 1. The first-order valence-electron chi connectivity index (χ1n) is 10.1. The summed E-state index contributed by atoms with van der Waals surface area (Å²) in [6.07, 6.45) is 0.768. The van der Waals surface area contributed by atoms with Gasteiger partial charge in [-0.25, -0.2) is 14.6 Å². The molecule has 2 aromatic carbocycles. The molecule has 1 atom stereocenters. The molecule has 0 aliphatic carbocycles. The second-order valence-corrected chi connectivity index (χ2v) is 8.55. The Labute approximate surface area is 194 Å². The second-order valence-electron chi connectivity index (χ2n) is 7.22. The predicted molar refractivity (Wildman–Crippen MR) is 120 cm³/mol. The number of rotatable bonds is 7. The number of halogens is 1. The highest BCUT2D eigenvalue weighted by Crippen LogP contribution is 2.42. The summed E-state index contributed by atoms with van der Waals surface area (Å²) in [5.41, 5.74) is 4.32. The van der Waals surface area contributed by atoms with Crippen molar-refractivity contribution in [2.75, 3.05) is 19.8 Å². The zero-order chi connectivity index (χ0) is 22.5. The third kappa shape index (κ3) is 5.03. The number of nitrogens with zero attached hydrogens (tertiary/aromatic N) is 2. The largest absolute Gasteiger partial charge is 0.482 e. The predicted octanol–water partition coefficient (Wildman–Crippen LogP) is 4.59. The van der Waals surface area contributed by atoms with Gasteiger partial charge in [-0.15, -0.1) is 11.3 Å². The van der Waals surface area contributed by atoms with E-state index in [9.17, 15) is 9.59 Å². The van der Waals surface area contributed by atoms with E-state index in [1.807, 2.05) is 30.3 Å². The van der Waals surface area contributed by atoms with E-state index in [2.05, 4.69) is 4.98 Å². The van der Waals surface area contributed by atoms with Gasteiger partial charge in [0.15, 0.2) is 6.61 Å². The Balaban J connectivity index is 1.60. The molecule has 0 spiro atoms. The summed E-state index contributed by atoms with van der Waals surface area (Å²) in [6.45, 7) is 0.161. The summed E-state index contributed by atoms with van der Waals surface area (Å²) in [5, 5.41) is 9.50. The van der Waals surface area contributed by atoms with E-state index in [1.54, 1.807) is 28.6 Å². The number of carboxylic acid groups (broad SMARTS) is 1. The van der Waals surface area contributed by atoms with Crippen LogP contribution in [-0.2, 0) is 22.4 Å². The van der Waals surface area contributed by atoms with Gasteiger partial charge in [0.25, 0.3) is 0 Å². The summed E-state index contributed by atoms with van der Waals surface area (Å²) >= 11 is 7.69. The maximum absolute atomic E-state index is 13.1. The maximum Gasteiger partial charge on any atom is 0.410 e. The SMILES string of the molecule is O=C(O)COc1ccc(Cl)cc1C1c2scnc2CCN1C(=O)OCCc1ccccc1. The third-order valence-electron chi connectivity index (χ3n) is 5.13. The van der Waals surface area contributed by atoms with Crippen molar-refractivity contribution >= 4 is 35.0 Å². The van der Waals surface area contributed by atoms with Gasteiger partial charge in [-0.05, 0) is 23.8 Å². The normalized spacial score (nSPS) is 15.2. The van der Waals surface area contributed by atoms with Crippen LogP contribution < -0.4 is 4.74 Å². The minimum absolute atomic E-state index is 0.250. The molecule has 166 valence electrons. The number of carboxylic acids is 1. The lowest BCUT2D eigenvalue weighted by Gasteiger charge is -2.35. The number of carbonyl (C=O) groups excluding carboxylic acids is 1. The van der Waals surface area contributed by atoms with Crippen molar-refractivity contribution in [2.24, 2.45) is 0 Å². The zero-order valence-electron chi connectivity index (χ0n) is 17.1. The summed E-state index contributed by atoms with van der Waals surface area (Å²) in [7, 11) is 0. The van der Waals surface area contributed by atoms with E-state index in [-0.39, 0.29) is 6.61 Å². The number of aliphatic carboxylic acids is 1. The van der Waals surface area contributed by atoms with Crippen LogP contribution in [0.3, 0.4) is 0 Å². The molecular weight excluding hydrogens is 452 g/mol. The molecule has 0 bridgehead atoms. The van der Waals surface area contributed by atoms with Crippen LogP contribution in [0.2, 0.25) is 5.02 Å². The van der Waals surface area contributed by atoms with Gasteiger partial charge in [0.1, 0.15) is 11.8 Å². The van der Waals surface area contributed by atoms with Gasteiger partial charge >= 0.3 is 12.1 Å². The zero-order valence-corrected chi connectivity index (χ0v) is 18.6. The van der Waals surface area contributed by atoms with Crippen molar-refractivity contribution in [2.45, 2.75) is 18.9 Å². The molecule has 1 aliphatic heterocycles. The van der Waals surface area contributed by atoms with Crippen molar-refractivity contribution < 1.29 is 24.2 Å². The van der Waals surface area contributed by atoms with Crippen molar-refractivity contribution in [3.05, 3.63) is 80.8 Å². The first kappa shape index (κ1) is 22.1. The highest BCUT2D eigenvalue weighted by molar-refractivity contribution is 7.09. The van der Waals surface area contributed by atoms with Crippen LogP contribution in [0.1, 0.15) is 27.7 Å². The lowest BCUT2D eigenvalue weighted by atomic mass is 9.97. The number of amides is 1. The van der Waals surface area contributed by atoms with E-state index in [4.69, 9.17) is 26.2 Å². The molecule has 1 N–H and O–H groups in total. The summed E-state index contributed by atoms with van der Waals surface area (Å²) in [5.74, 6) is -0.740. The van der Waals surface area contributed by atoms with Crippen molar-refractivity contribution in [1.29, 1.82) is 0 Å². The smallest absolute Gasteiger partial charge is 0.410 e. The van der Waals surface area contributed by atoms with Gasteiger partial charge in [-0.2, -0.15) is 0 Å². The molecule has 1 amide bonds. The number of hydrogen-bond donors (Lipinski definition) is 1. The third-order valence-corrected chi connectivity index (χ3v) is 6.29. The second kappa shape index (κ2) is 10.0. The van der Waals surface area contributed by atoms with E-state index in [1.165, 1.54) is 11.3 Å². The van der Waals surface area contributed by atoms with Gasteiger partial charge in [-0.3, -0.25) is 4.90 Å². The monoisotopic (exact) mass is 472 g/mol. The number of ether oxygens (including phenoxy) is 2. The molecular formula is C23H21ClN2O5S. The van der Waals surface area contributed by atoms with Crippen LogP contribution in [0.5, 0.6) is 5.75 Å². The Morgan fingerprint density at radius 2 is 2.03 bits per heavy atom. The van der Waals surface area contributed by atoms with Gasteiger partial charge in [-0.1, -0.05) is 41.9 Å². The quantitative estimate of drug-likeness (QED) is 0.541. The Hall–Kier alpha value is -3.10. The average Bonchev–Trinajstić information content (AvgIpc) is 3.27. The minimum atomic E-state index is -1.09. The lowest BCUT2D eigenvalue weighted by molar-refractivity contribution is -0.139. The molecule has 0 saturated carbocycles. The number of aromatic nitrogens is 1. The summed E-state index contributed by atoms with van der Waals surface area (Å²) in [4.78, 5) is 31.1. The van der Waals surface area contributed by atoms with Gasteiger partial charge < -0.3 is 14.6 Å². The molecule has 3 aromatic rings. The Morgan fingerprint density at radius 1 is 1.22 bits per heavy atom. The molecule has 0 fully saturated rings. The van der Waals surface area contributed by atoms with Crippen LogP contribution in [0.4, 0.5) is 4.79 Å².